The number of nitrogens with one attached hydrogen (secondary N) is 1. The summed E-state index contributed by atoms with van der Waals surface area (Å²) in [5.41, 5.74) is 5.41. The van der Waals surface area contributed by atoms with Crippen LogP contribution >= 0.6 is 11.6 Å². The summed E-state index contributed by atoms with van der Waals surface area (Å²) in [6.07, 6.45) is 5.39. The van der Waals surface area contributed by atoms with Crippen LogP contribution in [0.2, 0.25) is 5.15 Å². The average Bonchev–Trinajstić information content (AvgIpc) is 2.57. The molecule has 8 heteroatoms. The van der Waals surface area contributed by atoms with Crippen LogP contribution in [0, 0.1) is 0 Å². The van der Waals surface area contributed by atoms with Crippen LogP contribution in [0.4, 0.5) is 5.82 Å². The highest BCUT2D eigenvalue weighted by Gasteiger charge is 2.26. The lowest BCUT2D eigenvalue weighted by Gasteiger charge is -2.36. The van der Waals surface area contributed by atoms with Gasteiger partial charge in [-0.2, -0.15) is 0 Å². The molecule has 0 aliphatic carbocycles. The summed E-state index contributed by atoms with van der Waals surface area (Å²) < 4.78 is 0. The summed E-state index contributed by atoms with van der Waals surface area (Å²) in [5, 5.41) is 13.6. The first kappa shape index (κ1) is 15.9. The average molecular weight is 335 g/mol. The van der Waals surface area contributed by atoms with Crippen molar-refractivity contribution in [1.82, 2.24) is 20.1 Å². The van der Waals surface area contributed by atoms with Crippen molar-refractivity contribution in [2.24, 2.45) is 5.73 Å². The second kappa shape index (κ2) is 6.64. The molecule has 0 bridgehead atoms. The molecule has 0 saturated carbocycles. The van der Waals surface area contributed by atoms with E-state index in [1.54, 1.807) is 12.4 Å². The number of halogens is 1. The number of carbonyl (C=O) groups excluding carboxylic acids is 1. The number of fused-ring (bicyclic) bond motifs is 1. The molecule has 1 amide bonds. The van der Waals surface area contributed by atoms with E-state index >= 15 is 0 Å². The SMILES string of the molecule is CC(C(N)=O)N1CCC[C@@H](Nc2nnc(Cl)c3ccncc23)C1. The Morgan fingerprint density at radius 1 is 1.48 bits per heavy atom. The predicted molar refractivity (Wildman–Crippen MR) is 89.2 cm³/mol. The van der Waals surface area contributed by atoms with Gasteiger partial charge in [0.15, 0.2) is 11.0 Å². The van der Waals surface area contributed by atoms with E-state index in [9.17, 15) is 4.79 Å². The van der Waals surface area contributed by atoms with Gasteiger partial charge in [-0.3, -0.25) is 14.7 Å². The number of carbonyl (C=O) groups is 1. The summed E-state index contributed by atoms with van der Waals surface area (Å²) >= 11 is 6.08. The highest BCUT2D eigenvalue weighted by Crippen LogP contribution is 2.26. The second-order valence-electron chi connectivity index (χ2n) is 5.82. The van der Waals surface area contributed by atoms with Crippen LogP contribution < -0.4 is 11.1 Å². The Morgan fingerprint density at radius 2 is 2.30 bits per heavy atom. The molecule has 3 rings (SSSR count). The second-order valence-corrected chi connectivity index (χ2v) is 6.18. The first-order valence-electron chi connectivity index (χ1n) is 7.62. The molecule has 3 N–H and O–H groups in total. The Balaban J connectivity index is 1.79. The van der Waals surface area contributed by atoms with Gasteiger partial charge in [0.25, 0.3) is 0 Å². The van der Waals surface area contributed by atoms with Crippen molar-refractivity contribution in [3.05, 3.63) is 23.6 Å². The van der Waals surface area contributed by atoms with Crippen LogP contribution in [0.5, 0.6) is 0 Å². The van der Waals surface area contributed by atoms with E-state index in [-0.39, 0.29) is 18.0 Å². The Hall–Kier alpha value is -1.99. The molecule has 1 unspecified atom stereocenters. The smallest absolute Gasteiger partial charge is 0.234 e. The number of piperidine rings is 1. The van der Waals surface area contributed by atoms with Crippen molar-refractivity contribution in [1.29, 1.82) is 0 Å². The summed E-state index contributed by atoms with van der Waals surface area (Å²) in [7, 11) is 0. The molecular formula is C15H19ClN6O. The van der Waals surface area contributed by atoms with Crippen molar-refractivity contribution in [3.8, 4) is 0 Å². The Labute approximate surface area is 139 Å². The third-order valence-electron chi connectivity index (χ3n) is 4.29. The number of likely N-dealkylation sites (tertiary alicyclic amines) is 1. The normalized spacial score (nSPS) is 20.3. The summed E-state index contributed by atoms with van der Waals surface area (Å²) in [6, 6.07) is 1.72. The first-order valence-corrected chi connectivity index (χ1v) is 8.00. The molecule has 0 radical (unpaired) electrons. The van der Waals surface area contributed by atoms with Crippen LogP contribution in [-0.4, -0.2) is 51.2 Å². The first-order chi connectivity index (χ1) is 11.1. The molecule has 1 fully saturated rings. The summed E-state index contributed by atoms with van der Waals surface area (Å²) in [4.78, 5) is 17.6. The van der Waals surface area contributed by atoms with Gasteiger partial charge in [-0.05, 0) is 32.4 Å². The third-order valence-corrected chi connectivity index (χ3v) is 4.57. The molecule has 3 heterocycles. The van der Waals surface area contributed by atoms with Crippen molar-refractivity contribution < 1.29 is 4.79 Å². The number of rotatable bonds is 4. The Kier molecular flexibility index (Phi) is 4.58. The molecule has 0 aromatic carbocycles. The maximum absolute atomic E-state index is 11.4. The number of hydrogen-bond donors (Lipinski definition) is 2. The van der Waals surface area contributed by atoms with E-state index in [4.69, 9.17) is 17.3 Å². The summed E-state index contributed by atoms with van der Waals surface area (Å²) in [5.74, 6) is 0.364. The number of nitrogens with two attached hydrogens (primary N) is 1. The van der Waals surface area contributed by atoms with Crippen molar-refractivity contribution in [2.75, 3.05) is 18.4 Å². The fourth-order valence-electron chi connectivity index (χ4n) is 2.92. The van der Waals surface area contributed by atoms with Gasteiger partial charge in [-0.1, -0.05) is 11.6 Å². The number of pyridine rings is 1. The number of nitrogens with zero attached hydrogens (tertiary/aromatic N) is 4. The largest absolute Gasteiger partial charge is 0.368 e. The quantitative estimate of drug-likeness (QED) is 0.878. The van der Waals surface area contributed by atoms with E-state index < -0.39 is 0 Å². The van der Waals surface area contributed by atoms with E-state index in [2.05, 4.69) is 25.4 Å². The van der Waals surface area contributed by atoms with Gasteiger partial charge in [0.05, 0.1) is 6.04 Å². The van der Waals surface area contributed by atoms with Gasteiger partial charge >= 0.3 is 0 Å². The molecular weight excluding hydrogens is 316 g/mol. The van der Waals surface area contributed by atoms with E-state index in [1.807, 2.05) is 13.0 Å². The van der Waals surface area contributed by atoms with Crippen LogP contribution in [0.15, 0.2) is 18.5 Å². The van der Waals surface area contributed by atoms with E-state index in [0.717, 1.165) is 36.7 Å². The van der Waals surface area contributed by atoms with Gasteiger partial charge in [0.1, 0.15) is 0 Å². The zero-order chi connectivity index (χ0) is 16.4. The molecule has 1 aliphatic heterocycles. The zero-order valence-electron chi connectivity index (χ0n) is 12.9. The minimum Gasteiger partial charge on any atom is -0.368 e. The van der Waals surface area contributed by atoms with Crippen LogP contribution in [0.1, 0.15) is 19.8 Å². The molecule has 1 aliphatic rings. The Bertz CT molecular complexity index is 724. The van der Waals surface area contributed by atoms with E-state index in [1.165, 1.54) is 0 Å². The minimum absolute atomic E-state index is 0.171. The van der Waals surface area contributed by atoms with Gasteiger partial charge < -0.3 is 11.1 Å². The van der Waals surface area contributed by atoms with Gasteiger partial charge in [-0.25, -0.2) is 0 Å². The van der Waals surface area contributed by atoms with Gasteiger partial charge in [-0.15, -0.1) is 10.2 Å². The molecule has 2 aromatic rings. The standard InChI is InChI=1S/C15H19ClN6O/c1-9(14(17)23)22-6-2-3-10(8-22)19-15-12-7-18-5-4-11(12)13(16)20-21-15/h4-5,7,9-10H,2-3,6,8H2,1H3,(H2,17,23)(H,19,21)/t9?,10-/m1/s1. The number of primary amides is 1. The lowest BCUT2D eigenvalue weighted by atomic mass is 10.0. The minimum atomic E-state index is -0.299. The number of anilines is 1. The Morgan fingerprint density at radius 3 is 3.09 bits per heavy atom. The lowest BCUT2D eigenvalue weighted by Crippen LogP contribution is -2.50. The van der Waals surface area contributed by atoms with Crippen molar-refractivity contribution in [2.45, 2.75) is 31.8 Å². The molecule has 2 atom stereocenters. The lowest BCUT2D eigenvalue weighted by molar-refractivity contribution is -0.123. The van der Waals surface area contributed by atoms with Crippen molar-refractivity contribution in [3.63, 3.8) is 0 Å². The highest BCUT2D eigenvalue weighted by molar-refractivity contribution is 6.34. The van der Waals surface area contributed by atoms with Gasteiger partial charge in [0, 0.05) is 35.8 Å². The number of amides is 1. The molecule has 0 spiro atoms. The van der Waals surface area contributed by atoms with Gasteiger partial charge in [0.2, 0.25) is 5.91 Å². The van der Waals surface area contributed by atoms with Crippen LogP contribution in [0.3, 0.4) is 0 Å². The molecule has 7 nitrogen and oxygen atoms in total. The van der Waals surface area contributed by atoms with Crippen LogP contribution in [-0.2, 0) is 4.79 Å². The fourth-order valence-corrected chi connectivity index (χ4v) is 3.12. The predicted octanol–water partition coefficient (Wildman–Crippen LogP) is 1.43. The maximum atomic E-state index is 11.4. The maximum Gasteiger partial charge on any atom is 0.234 e. The number of aromatic nitrogens is 3. The molecule has 1 saturated heterocycles. The van der Waals surface area contributed by atoms with Crippen LogP contribution in [0.25, 0.3) is 10.8 Å². The topological polar surface area (TPSA) is 97.0 Å². The molecule has 122 valence electrons. The number of hydrogen-bond acceptors (Lipinski definition) is 6. The van der Waals surface area contributed by atoms with E-state index in [0.29, 0.717) is 11.0 Å². The monoisotopic (exact) mass is 334 g/mol. The molecule has 23 heavy (non-hydrogen) atoms. The van der Waals surface area contributed by atoms with Crippen molar-refractivity contribution >= 4 is 34.1 Å². The third kappa shape index (κ3) is 3.35. The highest BCUT2D eigenvalue weighted by atomic mass is 35.5. The fraction of sp³-hybridized carbons (Fsp3) is 0.467. The molecule has 2 aromatic heterocycles. The summed E-state index contributed by atoms with van der Waals surface area (Å²) in [6.45, 7) is 3.44. The zero-order valence-corrected chi connectivity index (χ0v) is 13.6.